The third-order valence-electron chi connectivity index (χ3n) is 2.28. The summed E-state index contributed by atoms with van der Waals surface area (Å²) in [5.41, 5.74) is 6.69. The second-order valence-electron chi connectivity index (χ2n) is 4.16. The SMILES string of the molecule is CC(C)SCc1nc(N)nc(-c2ccccc2)n1. The third-order valence-corrected chi connectivity index (χ3v) is 3.37. The Bertz CT molecular complexity index is 514. The Kier molecular flexibility index (Phi) is 4.15. The van der Waals surface area contributed by atoms with Crippen molar-refractivity contribution in [2.75, 3.05) is 5.73 Å². The smallest absolute Gasteiger partial charge is 0.223 e. The van der Waals surface area contributed by atoms with E-state index in [1.807, 2.05) is 30.3 Å². The van der Waals surface area contributed by atoms with Crippen LogP contribution in [0.25, 0.3) is 11.4 Å². The lowest BCUT2D eigenvalue weighted by atomic mass is 10.2. The first kappa shape index (κ1) is 12.8. The minimum absolute atomic E-state index is 0.281. The largest absolute Gasteiger partial charge is 0.368 e. The van der Waals surface area contributed by atoms with Crippen LogP contribution in [0.3, 0.4) is 0 Å². The van der Waals surface area contributed by atoms with E-state index in [1.54, 1.807) is 11.8 Å². The first-order valence-corrected chi connectivity index (χ1v) is 6.87. The molecule has 0 saturated carbocycles. The molecule has 0 aliphatic heterocycles. The molecule has 1 aromatic carbocycles. The van der Waals surface area contributed by atoms with Crippen molar-refractivity contribution in [2.24, 2.45) is 0 Å². The quantitative estimate of drug-likeness (QED) is 0.915. The molecule has 1 aromatic heterocycles. The molecular formula is C13H16N4S. The molecule has 2 aromatic rings. The van der Waals surface area contributed by atoms with E-state index in [0.717, 1.165) is 17.1 Å². The summed E-state index contributed by atoms with van der Waals surface area (Å²) in [6.07, 6.45) is 0. The van der Waals surface area contributed by atoms with E-state index in [0.29, 0.717) is 11.1 Å². The average Bonchev–Trinajstić information content (AvgIpc) is 2.37. The zero-order chi connectivity index (χ0) is 13.0. The lowest BCUT2D eigenvalue weighted by molar-refractivity contribution is 0.977. The van der Waals surface area contributed by atoms with Gasteiger partial charge in [-0.05, 0) is 5.25 Å². The number of rotatable bonds is 4. The summed E-state index contributed by atoms with van der Waals surface area (Å²) in [7, 11) is 0. The normalized spacial score (nSPS) is 10.8. The molecule has 0 unspecified atom stereocenters. The minimum atomic E-state index is 0.281. The van der Waals surface area contributed by atoms with Crippen molar-refractivity contribution in [3.05, 3.63) is 36.2 Å². The summed E-state index contributed by atoms with van der Waals surface area (Å²) in [4.78, 5) is 12.8. The van der Waals surface area contributed by atoms with Gasteiger partial charge in [0.2, 0.25) is 5.95 Å². The zero-order valence-corrected chi connectivity index (χ0v) is 11.3. The van der Waals surface area contributed by atoms with Gasteiger partial charge in [-0.2, -0.15) is 21.7 Å². The number of hydrogen-bond donors (Lipinski definition) is 1. The summed E-state index contributed by atoms with van der Waals surface area (Å²) in [6.45, 7) is 4.29. The van der Waals surface area contributed by atoms with Gasteiger partial charge < -0.3 is 5.73 Å². The van der Waals surface area contributed by atoms with E-state index in [1.165, 1.54) is 0 Å². The van der Waals surface area contributed by atoms with Crippen LogP contribution in [0.15, 0.2) is 30.3 Å². The van der Waals surface area contributed by atoms with Crippen molar-refractivity contribution < 1.29 is 0 Å². The van der Waals surface area contributed by atoms with Crippen LogP contribution in [0, 0.1) is 0 Å². The molecule has 18 heavy (non-hydrogen) atoms. The van der Waals surface area contributed by atoms with E-state index >= 15 is 0 Å². The molecule has 5 heteroatoms. The van der Waals surface area contributed by atoms with E-state index in [-0.39, 0.29) is 5.95 Å². The topological polar surface area (TPSA) is 64.7 Å². The van der Waals surface area contributed by atoms with Gasteiger partial charge in [-0.15, -0.1) is 0 Å². The van der Waals surface area contributed by atoms with Crippen LogP contribution in [0.1, 0.15) is 19.7 Å². The maximum atomic E-state index is 5.73. The number of nitrogen functional groups attached to an aromatic ring is 1. The van der Waals surface area contributed by atoms with Crippen molar-refractivity contribution in [3.63, 3.8) is 0 Å². The monoisotopic (exact) mass is 260 g/mol. The van der Waals surface area contributed by atoms with Gasteiger partial charge in [0, 0.05) is 5.56 Å². The Morgan fingerprint density at radius 3 is 2.50 bits per heavy atom. The highest BCUT2D eigenvalue weighted by Gasteiger charge is 2.07. The van der Waals surface area contributed by atoms with E-state index in [4.69, 9.17) is 5.73 Å². The van der Waals surface area contributed by atoms with Gasteiger partial charge in [0.25, 0.3) is 0 Å². The fraction of sp³-hybridized carbons (Fsp3) is 0.308. The Hall–Kier alpha value is -1.62. The van der Waals surface area contributed by atoms with E-state index < -0.39 is 0 Å². The molecule has 4 nitrogen and oxygen atoms in total. The number of benzene rings is 1. The van der Waals surface area contributed by atoms with Crippen LogP contribution < -0.4 is 5.73 Å². The second kappa shape index (κ2) is 5.82. The summed E-state index contributed by atoms with van der Waals surface area (Å²) < 4.78 is 0. The molecule has 94 valence electrons. The Balaban J connectivity index is 2.27. The highest BCUT2D eigenvalue weighted by Crippen LogP contribution is 2.18. The van der Waals surface area contributed by atoms with Crippen LogP contribution in [0.4, 0.5) is 5.95 Å². The van der Waals surface area contributed by atoms with E-state index in [2.05, 4.69) is 28.8 Å². The molecule has 0 saturated heterocycles. The molecular weight excluding hydrogens is 244 g/mol. The van der Waals surface area contributed by atoms with Gasteiger partial charge in [-0.25, -0.2) is 4.98 Å². The first-order chi connectivity index (χ1) is 8.65. The Morgan fingerprint density at radius 1 is 1.11 bits per heavy atom. The number of anilines is 1. The number of thioether (sulfide) groups is 1. The van der Waals surface area contributed by atoms with Crippen LogP contribution in [-0.2, 0) is 5.75 Å². The predicted octanol–water partition coefficient (Wildman–Crippen LogP) is 2.76. The van der Waals surface area contributed by atoms with Crippen molar-refractivity contribution in [1.82, 2.24) is 15.0 Å². The van der Waals surface area contributed by atoms with Gasteiger partial charge in [0.05, 0.1) is 5.75 Å². The number of nitrogens with two attached hydrogens (primary N) is 1. The molecule has 0 fully saturated rings. The molecule has 2 N–H and O–H groups in total. The number of hydrogen-bond acceptors (Lipinski definition) is 5. The van der Waals surface area contributed by atoms with Gasteiger partial charge in [-0.3, -0.25) is 0 Å². The zero-order valence-electron chi connectivity index (χ0n) is 10.5. The summed E-state index contributed by atoms with van der Waals surface area (Å²) in [5, 5.41) is 0.545. The van der Waals surface area contributed by atoms with Crippen molar-refractivity contribution in [1.29, 1.82) is 0 Å². The average molecular weight is 260 g/mol. The maximum Gasteiger partial charge on any atom is 0.223 e. The number of nitrogens with zero attached hydrogens (tertiary/aromatic N) is 3. The van der Waals surface area contributed by atoms with Crippen LogP contribution in [-0.4, -0.2) is 20.2 Å². The lowest BCUT2D eigenvalue weighted by Gasteiger charge is -2.06. The van der Waals surface area contributed by atoms with Crippen LogP contribution in [0.2, 0.25) is 0 Å². The highest BCUT2D eigenvalue weighted by atomic mass is 32.2. The van der Waals surface area contributed by atoms with Crippen molar-refractivity contribution in [2.45, 2.75) is 24.9 Å². The number of aromatic nitrogens is 3. The van der Waals surface area contributed by atoms with Gasteiger partial charge in [0.15, 0.2) is 5.82 Å². The molecule has 2 rings (SSSR count). The molecule has 0 radical (unpaired) electrons. The van der Waals surface area contributed by atoms with Crippen molar-refractivity contribution in [3.8, 4) is 11.4 Å². The van der Waals surface area contributed by atoms with E-state index in [9.17, 15) is 0 Å². The second-order valence-corrected chi connectivity index (χ2v) is 5.72. The Morgan fingerprint density at radius 2 is 1.83 bits per heavy atom. The molecule has 0 bridgehead atoms. The maximum absolute atomic E-state index is 5.73. The molecule has 0 aliphatic carbocycles. The predicted molar refractivity (Wildman–Crippen MR) is 76.1 cm³/mol. The third kappa shape index (κ3) is 3.43. The minimum Gasteiger partial charge on any atom is -0.368 e. The molecule has 0 aliphatic rings. The Labute approximate surface area is 111 Å². The first-order valence-electron chi connectivity index (χ1n) is 5.82. The summed E-state index contributed by atoms with van der Waals surface area (Å²) in [6, 6.07) is 9.81. The molecule has 0 atom stereocenters. The van der Waals surface area contributed by atoms with Crippen molar-refractivity contribution >= 4 is 17.7 Å². The van der Waals surface area contributed by atoms with Gasteiger partial charge in [-0.1, -0.05) is 44.2 Å². The highest BCUT2D eigenvalue weighted by molar-refractivity contribution is 7.99. The molecule has 1 heterocycles. The fourth-order valence-electron chi connectivity index (χ4n) is 1.46. The van der Waals surface area contributed by atoms with Gasteiger partial charge in [0.1, 0.15) is 5.82 Å². The summed E-state index contributed by atoms with van der Waals surface area (Å²) >= 11 is 1.79. The van der Waals surface area contributed by atoms with Crippen LogP contribution >= 0.6 is 11.8 Å². The molecule has 0 spiro atoms. The standard InChI is InChI=1S/C13H16N4S/c1-9(2)18-8-11-15-12(17-13(14)16-11)10-6-4-3-5-7-10/h3-7,9H,8H2,1-2H3,(H2,14,15,16,17). The molecule has 0 amide bonds. The summed E-state index contributed by atoms with van der Waals surface area (Å²) in [5.74, 6) is 2.41. The lowest BCUT2D eigenvalue weighted by Crippen LogP contribution is -2.05. The fourth-order valence-corrected chi connectivity index (χ4v) is 2.07. The van der Waals surface area contributed by atoms with Gasteiger partial charge >= 0.3 is 0 Å². The van der Waals surface area contributed by atoms with Crippen LogP contribution in [0.5, 0.6) is 0 Å².